The Hall–Kier alpha value is -3.35. The van der Waals surface area contributed by atoms with Gasteiger partial charge in [-0.3, -0.25) is 4.72 Å². The van der Waals surface area contributed by atoms with Crippen LogP contribution in [0.1, 0.15) is 111 Å². The van der Waals surface area contributed by atoms with Crippen molar-refractivity contribution in [3.8, 4) is 0 Å². The molecule has 0 bridgehead atoms. The molecule has 2 fully saturated rings. The van der Waals surface area contributed by atoms with Crippen LogP contribution in [0.5, 0.6) is 0 Å². The standard InChI is InChI=1S/C20H29F2N3O2S.C18H25F2N3/c1-5-28(26,27)24-15-6-7-17-16(12-15)23-18(19(2,3)4)25(17)13-14-8-10-20(21,22)11-9-14;1-17(2,3)16-22-14-10-13(21)4-5-15(14)23(16)11-12-6-8-18(19,20)9-7-12/h6-7,12,14,24H,5,8-11,13H2,1-4H3;4-5,10,12H,6-9,11,21H2,1-3H3. The van der Waals surface area contributed by atoms with Gasteiger partial charge in [0.25, 0.3) is 0 Å². The summed E-state index contributed by atoms with van der Waals surface area (Å²) in [7, 11) is -3.36. The zero-order chi connectivity index (χ0) is 37.6. The molecule has 2 aromatic carbocycles. The minimum absolute atomic E-state index is 0.000960. The smallest absolute Gasteiger partial charge is 0.248 e. The Morgan fingerprint density at radius 1 is 0.745 bits per heavy atom. The summed E-state index contributed by atoms with van der Waals surface area (Å²) in [6.07, 6.45) is 2.05. The number of benzene rings is 2. The number of nitrogen functional groups attached to an aromatic ring is 1. The molecule has 0 unspecified atom stereocenters. The second-order valence-electron chi connectivity index (χ2n) is 16.6. The second kappa shape index (κ2) is 14.2. The van der Waals surface area contributed by atoms with E-state index in [1.165, 1.54) is 0 Å². The third kappa shape index (κ3) is 9.56. The van der Waals surface area contributed by atoms with E-state index in [2.05, 4.69) is 55.4 Å². The number of aromatic nitrogens is 4. The molecule has 0 radical (unpaired) electrons. The van der Waals surface area contributed by atoms with Gasteiger partial charge in [0, 0.05) is 55.3 Å². The van der Waals surface area contributed by atoms with E-state index in [0.717, 1.165) is 34.7 Å². The Morgan fingerprint density at radius 3 is 1.57 bits per heavy atom. The highest BCUT2D eigenvalue weighted by Gasteiger charge is 2.37. The maximum atomic E-state index is 13.5. The van der Waals surface area contributed by atoms with Gasteiger partial charge in [0.1, 0.15) is 11.6 Å². The Balaban J connectivity index is 0.000000201. The summed E-state index contributed by atoms with van der Waals surface area (Å²) in [5.74, 6) is -2.66. The molecule has 2 aromatic heterocycles. The summed E-state index contributed by atoms with van der Waals surface area (Å²) in [6.45, 7) is 15.6. The van der Waals surface area contributed by atoms with Gasteiger partial charge in [0.05, 0.1) is 33.5 Å². The summed E-state index contributed by atoms with van der Waals surface area (Å²) >= 11 is 0. The normalized spacial score (nSPS) is 18.9. The third-order valence-electron chi connectivity index (χ3n) is 10.1. The van der Waals surface area contributed by atoms with Gasteiger partial charge in [-0.2, -0.15) is 0 Å². The van der Waals surface area contributed by atoms with Crippen LogP contribution in [0, 0.1) is 11.8 Å². The van der Waals surface area contributed by atoms with Crippen LogP contribution >= 0.6 is 0 Å². The molecule has 0 atom stereocenters. The molecule has 51 heavy (non-hydrogen) atoms. The van der Waals surface area contributed by atoms with Crippen molar-refractivity contribution in [2.75, 3.05) is 16.2 Å². The van der Waals surface area contributed by atoms with Crippen LogP contribution in [0.15, 0.2) is 36.4 Å². The van der Waals surface area contributed by atoms with Gasteiger partial charge >= 0.3 is 0 Å². The first kappa shape index (κ1) is 38.9. The molecule has 0 aliphatic heterocycles. The number of alkyl halides is 4. The summed E-state index contributed by atoms with van der Waals surface area (Å²) in [5.41, 5.74) is 10.3. The second-order valence-corrected chi connectivity index (χ2v) is 18.7. The highest BCUT2D eigenvalue weighted by atomic mass is 32.2. The van der Waals surface area contributed by atoms with E-state index in [9.17, 15) is 26.0 Å². The molecule has 13 heteroatoms. The van der Waals surface area contributed by atoms with E-state index in [-0.39, 0.29) is 54.1 Å². The van der Waals surface area contributed by atoms with Crippen LogP contribution in [0.25, 0.3) is 22.1 Å². The van der Waals surface area contributed by atoms with E-state index in [4.69, 9.17) is 15.7 Å². The van der Waals surface area contributed by atoms with E-state index in [1.807, 2.05) is 24.3 Å². The van der Waals surface area contributed by atoms with Crippen molar-refractivity contribution < 1.29 is 26.0 Å². The highest BCUT2D eigenvalue weighted by Crippen LogP contribution is 2.40. The van der Waals surface area contributed by atoms with Gasteiger partial charge in [-0.15, -0.1) is 0 Å². The molecule has 2 aliphatic rings. The number of rotatable bonds is 7. The number of nitrogens with zero attached hydrogens (tertiary/aromatic N) is 4. The Labute approximate surface area is 299 Å². The maximum Gasteiger partial charge on any atom is 0.248 e. The van der Waals surface area contributed by atoms with Crippen LogP contribution in [0.3, 0.4) is 0 Å². The van der Waals surface area contributed by atoms with E-state index in [1.54, 1.807) is 19.1 Å². The summed E-state index contributed by atoms with van der Waals surface area (Å²) in [6, 6.07) is 11.1. The predicted octanol–water partition coefficient (Wildman–Crippen LogP) is 9.66. The lowest BCUT2D eigenvalue weighted by atomic mass is 9.86. The van der Waals surface area contributed by atoms with Gasteiger partial charge in [0.15, 0.2) is 0 Å². The molecule has 0 amide bonds. The molecule has 0 spiro atoms. The lowest BCUT2D eigenvalue weighted by Crippen LogP contribution is -2.28. The van der Waals surface area contributed by atoms with Crippen molar-refractivity contribution in [2.24, 2.45) is 11.8 Å². The number of fused-ring (bicyclic) bond motifs is 2. The van der Waals surface area contributed by atoms with Gasteiger partial charge in [0.2, 0.25) is 21.9 Å². The highest BCUT2D eigenvalue weighted by molar-refractivity contribution is 7.92. The van der Waals surface area contributed by atoms with Crippen LogP contribution < -0.4 is 10.5 Å². The average molecular weight is 735 g/mol. The third-order valence-corrected chi connectivity index (χ3v) is 11.4. The fourth-order valence-corrected chi connectivity index (χ4v) is 7.82. The quantitative estimate of drug-likeness (QED) is 0.145. The van der Waals surface area contributed by atoms with Crippen LogP contribution in [-0.2, 0) is 33.9 Å². The van der Waals surface area contributed by atoms with Crippen molar-refractivity contribution >= 4 is 43.5 Å². The number of sulfonamides is 1. The maximum absolute atomic E-state index is 13.5. The van der Waals surface area contributed by atoms with Crippen LogP contribution in [0.4, 0.5) is 28.9 Å². The SMILES string of the molecule is CC(C)(C)c1nc2cc(N)ccc2n1CC1CCC(F)(F)CC1.CCS(=O)(=O)Nc1ccc2c(c1)nc(C(C)(C)C)n2CC1CCC(F)(F)CC1. The van der Waals surface area contributed by atoms with Gasteiger partial charge in [-0.25, -0.2) is 35.9 Å². The largest absolute Gasteiger partial charge is 0.399 e. The number of hydrogen-bond acceptors (Lipinski definition) is 5. The fraction of sp³-hybridized carbons (Fsp3) is 0.632. The minimum atomic E-state index is -3.36. The molecule has 3 N–H and O–H groups in total. The molecule has 8 nitrogen and oxygen atoms in total. The average Bonchev–Trinajstić information content (AvgIpc) is 3.57. The Morgan fingerprint density at radius 2 is 1.16 bits per heavy atom. The lowest BCUT2D eigenvalue weighted by Gasteiger charge is -2.30. The summed E-state index contributed by atoms with van der Waals surface area (Å²) in [5, 5.41) is 0. The molecule has 4 aromatic rings. The molecule has 2 aliphatic carbocycles. The molecule has 2 heterocycles. The number of hydrogen-bond donors (Lipinski definition) is 2. The molecule has 2 saturated carbocycles. The molecular weight excluding hydrogens is 681 g/mol. The van der Waals surface area contributed by atoms with E-state index >= 15 is 0 Å². The van der Waals surface area contributed by atoms with Crippen LogP contribution in [-0.4, -0.2) is 45.1 Å². The molecule has 0 saturated heterocycles. The summed E-state index contributed by atoms with van der Waals surface area (Å²) in [4.78, 5) is 9.55. The van der Waals surface area contributed by atoms with Crippen molar-refractivity contribution in [3.05, 3.63) is 48.0 Å². The first-order valence-electron chi connectivity index (χ1n) is 18.1. The van der Waals surface area contributed by atoms with Crippen LogP contribution in [0.2, 0.25) is 0 Å². The zero-order valence-corrected chi connectivity index (χ0v) is 31.8. The molecule has 6 rings (SSSR count). The van der Waals surface area contributed by atoms with Crippen molar-refractivity contribution in [1.29, 1.82) is 0 Å². The van der Waals surface area contributed by atoms with Crippen molar-refractivity contribution in [3.63, 3.8) is 0 Å². The fourth-order valence-electron chi connectivity index (χ4n) is 7.19. The van der Waals surface area contributed by atoms with Gasteiger partial charge in [-0.05, 0) is 80.8 Å². The van der Waals surface area contributed by atoms with Crippen molar-refractivity contribution in [1.82, 2.24) is 19.1 Å². The Kier molecular flexibility index (Phi) is 10.8. The lowest BCUT2D eigenvalue weighted by molar-refractivity contribution is -0.0478. The van der Waals surface area contributed by atoms with Crippen molar-refractivity contribution in [2.45, 2.75) is 136 Å². The number of anilines is 2. The minimum Gasteiger partial charge on any atom is -0.399 e. The monoisotopic (exact) mass is 734 g/mol. The number of nitrogens with two attached hydrogens (primary N) is 1. The Bertz CT molecular complexity index is 1940. The molecule has 282 valence electrons. The van der Waals surface area contributed by atoms with E-state index < -0.39 is 21.9 Å². The predicted molar refractivity (Wildman–Crippen MR) is 198 cm³/mol. The first-order chi connectivity index (χ1) is 23.6. The molecular formula is C38H54F4N6O2S. The number of halogens is 4. The van der Waals surface area contributed by atoms with Gasteiger partial charge < -0.3 is 14.9 Å². The first-order valence-corrected chi connectivity index (χ1v) is 19.7. The van der Waals surface area contributed by atoms with E-state index in [0.29, 0.717) is 49.1 Å². The van der Waals surface area contributed by atoms with Gasteiger partial charge in [-0.1, -0.05) is 41.5 Å². The number of nitrogens with one attached hydrogen (secondary N) is 1. The zero-order valence-electron chi connectivity index (χ0n) is 31.0. The summed E-state index contributed by atoms with van der Waals surface area (Å²) < 4.78 is 84.4. The topological polar surface area (TPSA) is 108 Å². The number of imidazole rings is 2.